The minimum Gasteiger partial charge on any atom is -0.378 e. The van der Waals surface area contributed by atoms with Gasteiger partial charge < -0.3 is 29.9 Å². The van der Waals surface area contributed by atoms with E-state index in [4.69, 9.17) is 9.47 Å². The number of nitrogens with zero attached hydrogens (tertiary/aromatic N) is 4. The highest BCUT2D eigenvalue weighted by atomic mass is 16.6. The van der Waals surface area contributed by atoms with Crippen LogP contribution in [0.2, 0.25) is 0 Å². The molecule has 2 aliphatic heterocycles. The summed E-state index contributed by atoms with van der Waals surface area (Å²) in [6.45, 7) is 14.3. The van der Waals surface area contributed by atoms with E-state index in [1.165, 1.54) is 51.4 Å². The molecule has 12 heteroatoms. The van der Waals surface area contributed by atoms with E-state index in [2.05, 4.69) is 34.3 Å². The molecule has 2 heterocycles. The molecule has 2 N–H and O–H groups in total. The molecule has 0 atom stereocenters. The summed E-state index contributed by atoms with van der Waals surface area (Å²) in [5, 5.41) is 29.4. The molecule has 2 saturated carbocycles. The van der Waals surface area contributed by atoms with Gasteiger partial charge in [-0.05, 0) is 127 Å². The summed E-state index contributed by atoms with van der Waals surface area (Å²) in [6.07, 6.45) is 16.9. The average molecular weight is 751 g/mol. The Morgan fingerprint density at radius 3 is 1.26 bits per heavy atom. The first-order chi connectivity index (χ1) is 26.1. The Morgan fingerprint density at radius 2 is 0.944 bits per heavy atom. The summed E-state index contributed by atoms with van der Waals surface area (Å²) in [5.74, 6) is 0. The topological polar surface area (TPSA) is 135 Å². The second-order valence-corrected chi connectivity index (χ2v) is 16.1. The van der Waals surface area contributed by atoms with Gasteiger partial charge in [0.25, 0.3) is 11.4 Å². The number of hydrogen-bond donors (Lipinski definition) is 2. The molecule has 300 valence electrons. The number of rotatable bonds is 14. The van der Waals surface area contributed by atoms with Crippen LogP contribution >= 0.6 is 0 Å². The quantitative estimate of drug-likeness (QED) is 0.142. The fraction of sp³-hybridized carbons (Fsp3) is 0.714. The molecule has 12 nitrogen and oxygen atoms in total. The molecule has 6 rings (SSSR count). The lowest BCUT2D eigenvalue weighted by atomic mass is 9.90. The maximum Gasteiger partial charge on any atom is 0.292 e. The second-order valence-electron chi connectivity index (χ2n) is 16.1. The maximum atomic E-state index is 11.3. The largest absolute Gasteiger partial charge is 0.378 e. The van der Waals surface area contributed by atoms with Gasteiger partial charge >= 0.3 is 0 Å². The van der Waals surface area contributed by atoms with E-state index >= 15 is 0 Å². The third kappa shape index (κ3) is 12.3. The van der Waals surface area contributed by atoms with E-state index in [1.54, 1.807) is 24.3 Å². The maximum absolute atomic E-state index is 11.3. The van der Waals surface area contributed by atoms with Gasteiger partial charge in [0.15, 0.2) is 0 Å². The van der Waals surface area contributed by atoms with Crippen molar-refractivity contribution in [1.29, 1.82) is 0 Å². The fourth-order valence-electron chi connectivity index (χ4n) is 8.83. The van der Waals surface area contributed by atoms with Crippen LogP contribution in [-0.4, -0.2) is 95.4 Å². The molecule has 0 unspecified atom stereocenters. The molecule has 0 amide bonds. The van der Waals surface area contributed by atoms with Crippen LogP contribution in [0.1, 0.15) is 115 Å². The van der Waals surface area contributed by atoms with E-state index in [-0.39, 0.29) is 21.2 Å². The van der Waals surface area contributed by atoms with Gasteiger partial charge in [-0.15, -0.1) is 0 Å². The predicted octanol–water partition coefficient (Wildman–Crippen LogP) is 9.03. The number of piperidine rings is 2. The van der Waals surface area contributed by atoms with Crippen molar-refractivity contribution in [3.05, 3.63) is 67.8 Å². The van der Waals surface area contributed by atoms with E-state index in [9.17, 15) is 20.2 Å². The van der Waals surface area contributed by atoms with Gasteiger partial charge in [-0.25, -0.2) is 0 Å². The van der Waals surface area contributed by atoms with Crippen LogP contribution in [0.5, 0.6) is 0 Å². The molecule has 2 saturated heterocycles. The van der Waals surface area contributed by atoms with E-state index in [1.807, 2.05) is 26.0 Å². The minimum absolute atomic E-state index is 0.174. The average Bonchev–Trinajstić information content (AvgIpc) is 3.17. The number of aryl methyl sites for hydroxylation is 2. The standard InChI is InChI=1S/2C21H33N3O3/c2*1-3-14-27-19-7-5-18(6-8-19)23-12-10-17(11-13-23)22-20-15-16(2)4-9-21(20)24(25)26/h2*4,9,15,17-19,22H,3,5-8,10-14H2,1-2H3. The summed E-state index contributed by atoms with van der Waals surface area (Å²) in [4.78, 5) is 27.2. The van der Waals surface area contributed by atoms with Gasteiger partial charge in [0.05, 0.1) is 22.1 Å². The van der Waals surface area contributed by atoms with Gasteiger partial charge in [-0.1, -0.05) is 26.0 Å². The van der Waals surface area contributed by atoms with Crippen molar-refractivity contribution in [3.63, 3.8) is 0 Å². The highest BCUT2D eigenvalue weighted by Gasteiger charge is 2.31. The number of hydrogen-bond acceptors (Lipinski definition) is 10. The Hall–Kier alpha value is -3.32. The molecule has 0 aromatic heterocycles. The first kappa shape index (κ1) is 41.8. The van der Waals surface area contributed by atoms with Gasteiger partial charge in [0.2, 0.25) is 0 Å². The number of likely N-dealkylation sites (tertiary alicyclic amines) is 2. The Morgan fingerprint density at radius 1 is 0.593 bits per heavy atom. The highest BCUT2D eigenvalue weighted by Crippen LogP contribution is 2.32. The molecule has 2 aliphatic carbocycles. The number of benzene rings is 2. The molecule has 0 bridgehead atoms. The minimum atomic E-state index is -0.296. The summed E-state index contributed by atoms with van der Waals surface area (Å²) in [7, 11) is 0. The van der Waals surface area contributed by atoms with Gasteiger partial charge in [-0.3, -0.25) is 20.2 Å². The van der Waals surface area contributed by atoms with Crippen LogP contribution in [0.4, 0.5) is 22.7 Å². The second kappa shape index (κ2) is 21.1. The zero-order chi connectivity index (χ0) is 38.5. The first-order valence-corrected chi connectivity index (χ1v) is 20.9. The van der Waals surface area contributed by atoms with Gasteiger partial charge in [0, 0.05) is 75.7 Å². The molecule has 0 radical (unpaired) electrons. The monoisotopic (exact) mass is 751 g/mol. The number of anilines is 2. The molecular formula is C42H66N6O6. The van der Waals surface area contributed by atoms with Crippen LogP contribution in [-0.2, 0) is 9.47 Å². The molecule has 4 fully saturated rings. The first-order valence-electron chi connectivity index (χ1n) is 20.9. The Kier molecular flexibility index (Phi) is 16.4. The molecular weight excluding hydrogens is 684 g/mol. The van der Waals surface area contributed by atoms with Crippen molar-refractivity contribution in [2.75, 3.05) is 50.0 Å². The summed E-state index contributed by atoms with van der Waals surface area (Å²) < 4.78 is 11.8. The Balaban J connectivity index is 0.000000208. The van der Waals surface area contributed by atoms with Crippen molar-refractivity contribution in [2.45, 2.75) is 154 Å². The van der Waals surface area contributed by atoms with E-state index in [0.29, 0.717) is 47.8 Å². The number of ether oxygens (including phenoxy) is 2. The third-order valence-corrected chi connectivity index (χ3v) is 11.9. The van der Waals surface area contributed by atoms with Crippen molar-refractivity contribution >= 4 is 22.7 Å². The lowest BCUT2D eigenvalue weighted by Gasteiger charge is -2.41. The smallest absolute Gasteiger partial charge is 0.292 e. The van der Waals surface area contributed by atoms with Crippen molar-refractivity contribution < 1.29 is 19.3 Å². The Bertz CT molecular complexity index is 1350. The van der Waals surface area contributed by atoms with Crippen molar-refractivity contribution in [1.82, 2.24) is 9.80 Å². The van der Waals surface area contributed by atoms with Gasteiger partial charge in [0.1, 0.15) is 11.4 Å². The normalized spacial score (nSPS) is 24.7. The Labute approximate surface area is 323 Å². The van der Waals surface area contributed by atoms with Crippen LogP contribution in [0.25, 0.3) is 0 Å². The lowest BCUT2D eigenvalue weighted by Crippen LogP contribution is -2.46. The highest BCUT2D eigenvalue weighted by molar-refractivity contribution is 5.64. The third-order valence-electron chi connectivity index (χ3n) is 11.9. The fourth-order valence-corrected chi connectivity index (χ4v) is 8.83. The van der Waals surface area contributed by atoms with Crippen LogP contribution in [0.15, 0.2) is 36.4 Å². The van der Waals surface area contributed by atoms with E-state index in [0.717, 1.165) is 89.0 Å². The molecule has 54 heavy (non-hydrogen) atoms. The molecule has 2 aromatic rings. The lowest BCUT2D eigenvalue weighted by molar-refractivity contribution is -0.384. The zero-order valence-electron chi connectivity index (χ0n) is 33.3. The summed E-state index contributed by atoms with van der Waals surface area (Å²) >= 11 is 0. The molecule has 0 spiro atoms. The van der Waals surface area contributed by atoms with Crippen LogP contribution in [0, 0.1) is 34.1 Å². The van der Waals surface area contributed by atoms with Crippen molar-refractivity contribution in [3.8, 4) is 0 Å². The number of nitrogens with one attached hydrogen (secondary N) is 2. The predicted molar refractivity (Wildman–Crippen MR) is 217 cm³/mol. The number of nitro benzene ring substituents is 2. The summed E-state index contributed by atoms with van der Waals surface area (Å²) in [5.41, 5.74) is 3.76. The van der Waals surface area contributed by atoms with Crippen LogP contribution in [0.3, 0.4) is 0 Å². The van der Waals surface area contributed by atoms with Crippen LogP contribution < -0.4 is 10.6 Å². The zero-order valence-corrected chi connectivity index (χ0v) is 33.3. The summed E-state index contributed by atoms with van der Waals surface area (Å²) in [6, 6.07) is 12.6. The number of nitro groups is 2. The molecule has 2 aromatic carbocycles. The van der Waals surface area contributed by atoms with Crippen molar-refractivity contribution in [2.24, 2.45) is 0 Å². The van der Waals surface area contributed by atoms with Gasteiger partial charge in [-0.2, -0.15) is 0 Å². The van der Waals surface area contributed by atoms with E-state index < -0.39 is 0 Å². The SMILES string of the molecule is CCCOC1CCC(N2CCC(Nc3cc(C)ccc3[N+](=O)[O-])CC2)CC1.CCCOC1CCC(N2CCC(Nc3cc(C)ccc3[N+](=O)[O-])CC2)CC1. The molecule has 4 aliphatic rings.